The molecule has 1 aromatic carbocycles. The molecule has 1 N–H and O–H groups in total. The Balaban J connectivity index is 2.39. The van der Waals surface area contributed by atoms with Crippen molar-refractivity contribution in [1.82, 2.24) is 5.32 Å². The fourth-order valence-corrected chi connectivity index (χ4v) is 2.34. The van der Waals surface area contributed by atoms with E-state index in [2.05, 4.69) is 5.32 Å². The zero-order valence-corrected chi connectivity index (χ0v) is 13.1. The minimum Gasteiger partial charge on any atom is -0.495 e. The van der Waals surface area contributed by atoms with Gasteiger partial charge in [0.25, 0.3) is 0 Å². The average molecular weight is 320 g/mol. The number of hydrogen-bond acceptors (Lipinski definition) is 4. The zero-order valence-electron chi connectivity index (χ0n) is 11.5. The van der Waals surface area contributed by atoms with Gasteiger partial charge in [0.1, 0.15) is 15.6 Å². The van der Waals surface area contributed by atoms with Crippen molar-refractivity contribution < 1.29 is 17.9 Å². The van der Waals surface area contributed by atoms with E-state index in [1.54, 1.807) is 12.1 Å². The molecule has 1 amide bonds. The summed E-state index contributed by atoms with van der Waals surface area (Å²) in [6.45, 7) is 0.140. The Kier molecular flexibility index (Phi) is 6.29. The molecule has 0 aliphatic carbocycles. The van der Waals surface area contributed by atoms with E-state index < -0.39 is 9.84 Å². The van der Waals surface area contributed by atoms with E-state index in [0.717, 1.165) is 11.8 Å². The quantitative estimate of drug-likeness (QED) is 0.825. The lowest BCUT2D eigenvalue weighted by atomic mass is 10.1. The van der Waals surface area contributed by atoms with Crippen molar-refractivity contribution >= 4 is 27.3 Å². The first-order chi connectivity index (χ1) is 9.31. The topological polar surface area (TPSA) is 72.5 Å². The number of carbonyl (C=O) groups is 1. The monoisotopic (exact) mass is 319 g/mol. The SMILES string of the molecule is COc1ccc(CCC(=O)NCCS(C)(=O)=O)cc1Cl. The summed E-state index contributed by atoms with van der Waals surface area (Å²) in [5.41, 5.74) is 0.925. The van der Waals surface area contributed by atoms with Crippen molar-refractivity contribution in [3.05, 3.63) is 28.8 Å². The van der Waals surface area contributed by atoms with Gasteiger partial charge < -0.3 is 10.1 Å². The predicted octanol–water partition coefficient (Wildman–Crippen LogP) is 1.44. The molecule has 0 aromatic heterocycles. The number of hydrogen-bond donors (Lipinski definition) is 1. The van der Waals surface area contributed by atoms with Crippen molar-refractivity contribution in [3.8, 4) is 5.75 Å². The molecular formula is C13H18ClNO4S. The Morgan fingerprint density at radius 1 is 1.40 bits per heavy atom. The van der Waals surface area contributed by atoms with Crippen LogP contribution in [-0.2, 0) is 21.1 Å². The highest BCUT2D eigenvalue weighted by atomic mass is 35.5. The number of ether oxygens (including phenoxy) is 1. The van der Waals surface area contributed by atoms with Crippen molar-refractivity contribution in [1.29, 1.82) is 0 Å². The van der Waals surface area contributed by atoms with Gasteiger partial charge in [-0.3, -0.25) is 4.79 Å². The van der Waals surface area contributed by atoms with Gasteiger partial charge in [-0.2, -0.15) is 0 Å². The molecule has 20 heavy (non-hydrogen) atoms. The van der Waals surface area contributed by atoms with E-state index >= 15 is 0 Å². The molecule has 0 atom stereocenters. The average Bonchev–Trinajstić information content (AvgIpc) is 2.35. The summed E-state index contributed by atoms with van der Waals surface area (Å²) >= 11 is 5.99. The van der Waals surface area contributed by atoms with Crippen LogP contribution in [0.5, 0.6) is 5.75 Å². The molecule has 1 rings (SSSR count). The van der Waals surface area contributed by atoms with Crippen LogP contribution in [0.1, 0.15) is 12.0 Å². The Hall–Kier alpha value is -1.27. The van der Waals surface area contributed by atoms with Crippen LogP contribution < -0.4 is 10.1 Å². The van der Waals surface area contributed by atoms with Crippen molar-refractivity contribution in [3.63, 3.8) is 0 Å². The van der Waals surface area contributed by atoms with Crippen LogP contribution in [0.4, 0.5) is 0 Å². The number of nitrogens with one attached hydrogen (secondary N) is 1. The van der Waals surface area contributed by atoms with Gasteiger partial charge in [-0.1, -0.05) is 17.7 Å². The molecule has 0 spiro atoms. The second kappa shape index (κ2) is 7.50. The maximum atomic E-state index is 11.5. The minimum atomic E-state index is -3.05. The van der Waals surface area contributed by atoms with Crippen molar-refractivity contribution in [2.45, 2.75) is 12.8 Å². The Morgan fingerprint density at radius 2 is 2.10 bits per heavy atom. The fraction of sp³-hybridized carbons (Fsp3) is 0.462. The zero-order chi connectivity index (χ0) is 15.2. The molecule has 0 aliphatic rings. The third-order valence-corrected chi connectivity index (χ3v) is 3.89. The van der Waals surface area contributed by atoms with Crippen LogP contribution in [0.15, 0.2) is 18.2 Å². The van der Waals surface area contributed by atoms with Crippen LogP contribution in [0.25, 0.3) is 0 Å². The molecule has 112 valence electrons. The smallest absolute Gasteiger partial charge is 0.220 e. The van der Waals surface area contributed by atoms with E-state index in [0.29, 0.717) is 17.2 Å². The number of amides is 1. The second-order valence-corrected chi connectivity index (χ2v) is 7.12. The maximum absolute atomic E-state index is 11.5. The van der Waals surface area contributed by atoms with E-state index in [-0.39, 0.29) is 24.6 Å². The lowest BCUT2D eigenvalue weighted by molar-refractivity contribution is -0.120. The number of carbonyl (C=O) groups excluding carboxylic acids is 1. The highest BCUT2D eigenvalue weighted by Gasteiger charge is 2.07. The molecule has 5 nitrogen and oxygen atoms in total. The lowest BCUT2D eigenvalue weighted by Gasteiger charge is -2.07. The number of rotatable bonds is 7. The van der Waals surface area contributed by atoms with Gasteiger partial charge in [0.2, 0.25) is 5.91 Å². The van der Waals surface area contributed by atoms with Gasteiger partial charge in [0.05, 0.1) is 17.9 Å². The van der Waals surface area contributed by atoms with E-state index in [1.807, 2.05) is 6.07 Å². The number of aryl methyl sites for hydroxylation is 1. The summed E-state index contributed by atoms with van der Waals surface area (Å²) in [6.07, 6.45) is 1.96. The molecule has 0 heterocycles. The molecule has 0 radical (unpaired) electrons. The van der Waals surface area contributed by atoms with Crippen LogP contribution in [0.2, 0.25) is 5.02 Å². The van der Waals surface area contributed by atoms with Gasteiger partial charge in [0.15, 0.2) is 0 Å². The molecule has 0 saturated carbocycles. The van der Waals surface area contributed by atoms with Crippen LogP contribution >= 0.6 is 11.6 Å². The molecule has 0 bridgehead atoms. The minimum absolute atomic E-state index is 0.0485. The largest absolute Gasteiger partial charge is 0.495 e. The van der Waals surface area contributed by atoms with Crippen LogP contribution in [0, 0.1) is 0 Å². The summed E-state index contributed by atoms with van der Waals surface area (Å²) in [5, 5.41) is 3.07. The third kappa shape index (κ3) is 6.25. The first kappa shape index (κ1) is 16.8. The van der Waals surface area contributed by atoms with Crippen molar-refractivity contribution in [2.24, 2.45) is 0 Å². The highest BCUT2D eigenvalue weighted by Crippen LogP contribution is 2.25. The summed E-state index contributed by atoms with van der Waals surface area (Å²) in [6, 6.07) is 5.35. The first-order valence-electron chi connectivity index (χ1n) is 6.08. The Bertz CT molecular complexity index is 572. The molecule has 0 unspecified atom stereocenters. The second-order valence-electron chi connectivity index (χ2n) is 4.45. The summed E-state index contributed by atoms with van der Waals surface area (Å²) in [7, 11) is -1.51. The van der Waals surface area contributed by atoms with Gasteiger partial charge in [-0.15, -0.1) is 0 Å². The summed E-state index contributed by atoms with van der Waals surface area (Å²) in [4.78, 5) is 11.5. The Labute approximate surface area is 124 Å². The predicted molar refractivity (Wildman–Crippen MR) is 79.0 cm³/mol. The molecule has 7 heteroatoms. The number of halogens is 1. The third-order valence-electron chi connectivity index (χ3n) is 2.65. The van der Waals surface area contributed by atoms with E-state index in [1.165, 1.54) is 7.11 Å². The van der Waals surface area contributed by atoms with Gasteiger partial charge in [-0.25, -0.2) is 8.42 Å². The van der Waals surface area contributed by atoms with Gasteiger partial charge in [-0.05, 0) is 24.1 Å². The number of methoxy groups -OCH3 is 1. The normalized spacial score (nSPS) is 11.2. The van der Waals surface area contributed by atoms with Gasteiger partial charge >= 0.3 is 0 Å². The summed E-state index contributed by atoms with van der Waals surface area (Å²) < 4.78 is 26.9. The lowest BCUT2D eigenvalue weighted by Crippen LogP contribution is -2.28. The van der Waals surface area contributed by atoms with Gasteiger partial charge in [0, 0.05) is 19.2 Å². The highest BCUT2D eigenvalue weighted by molar-refractivity contribution is 7.90. The van der Waals surface area contributed by atoms with E-state index in [4.69, 9.17) is 16.3 Å². The maximum Gasteiger partial charge on any atom is 0.220 e. The fourth-order valence-electron chi connectivity index (χ4n) is 1.59. The molecular weight excluding hydrogens is 302 g/mol. The Morgan fingerprint density at radius 3 is 2.65 bits per heavy atom. The first-order valence-corrected chi connectivity index (χ1v) is 8.52. The van der Waals surface area contributed by atoms with Crippen molar-refractivity contribution in [2.75, 3.05) is 25.7 Å². The number of benzene rings is 1. The molecule has 0 aliphatic heterocycles. The molecule has 0 saturated heterocycles. The molecule has 0 fully saturated rings. The summed E-state index contributed by atoms with van der Waals surface area (Å²) in [5.74, 6) is 0.362. The van der Waals surface area contributed by atoms with E-state index in [9.17, 15) is 13.2 Å². The number of sulfone groups is 1. The van der Waals surface area contributed by atoms with Crippen LogP contribution in [0.3, 0.4) is 0 Å². The molecule has 1 aromatic rings. The standard InChI is InChI=1S/C13H18ClNO4S/c1-19-12-5-3-10(9-11(12)14)4-6-13(16)15-7-8-20(2,17)18/h3,5,9H,4,6-8H2,1-2H3,(H,15,16). The van der Waals surface area contributed by atoms with Crippen LogP contribution in [-0.4, -0.2) is 40.0 Å².